The predicted molar refractivity (Wildman–Crippen MR) is 75.6 cm³/mol. The maximum atomic E-state index is 12.4. The summed E-state index contributed by atoms with van der Waals surface area (Å²) in [5, 5.41) is 0.582. The molecule has 0 radical (unpaired) electrons. The molecular weight excluding hydrogens is 316 g/mol. The van der Waals surface area contributed by atoms with Crippen LogP contribution in [0.1, 0.15) is 15.9 Å². The fourth-order valence-corrected chi connectivity index (χ4v) is 2.51. The van der Waals surface area contributed by atoms with Crippen LogP contribution in [0, 0.1) is 0 Å². The minimum absolute atomic E-state index is 0.101. The lowest BCUT2D eigenvalue weighted by atomic mass is 10.0. The van der Waals surface area contributed by atoms with Gasteiger partial charge in [0.2, 0.25) is 0 Å². The molecule has 0 aliphatic rings. The molecule has 0 heterocycles. The molecule has 0 aliphatic carbocycles. The molecule has 0 aliphatic heterocycles. The number of carbonyl (C=O) groups is 1. The Labute approximate surface area is 119 Å². The van der Waals surface area contributed by atoms with Gasteiger partial charge in [0.15, 0.2) is 5.78 Å². The highest BCUT2D eigenvalue weighted by atomic mass is 79.9. The summed E-state index contributed by atoms with van der Waals surface area (Å²) in [5.74, 6) is 0.459. The summed E-state index contributed by atoms with van der Waals surface area (Å²) in [6.45, 7) is 0. The fourth-order valence-electron chi connectivity index (χ4n) is 1.65. The Morgan fingerprint density at radius 2 is 1.89 bits per heavy atom. The van der Waals surface area contributed by atoms with E-state index in [2.05, 4.69) is 15.9 Å². The number of hydrogen-bond donors (Lipinski definition) is 0. The second-order valence-electron chi connectivity index (χ2n) is 3.65. The van der Waals surface area contributed by atoms with E-state index in [9.17, 15) is 4.79 Å². The summed E-state index contributed by atoms with van der Waals surface area (Å²) in [5.41, 5.74) is 1.09. The van der Waals surface area contributed by atoms with Crippen LogP contribution in [0.15, 0.2) is 46.9 Å². The van der Waals surface area contributed by atoms with E-state index >= 15 is 0 Å². The lowest BCUT2D eigenvalue weighted by molar-refractivity contribution is 0.103. The van der Waals surface area contributed by atoms with Gasteiger partial charge in [-0.3, -0.25) is 4.79 Å². The van der Waals surface area contributed by atoms with Crippen molar-refractivity contribution in [2.75, 3.05) is 7.11 Å². The average Bonchev–Trinajstić information content (AvgIpc) is 2.38. The van der Waals surface area contributed by atoms with Crippen molar-refractivity contribution in [3.05, 3.63) is 63.1 Å². The van der Waals surface area contributed by atoms with Crippen molar-refractivity contribution in [1.29, 1.82) is 0 Å². The molecule has 0 spiro atoms. The van der Waals surface area contributed by atoms with Gasteiger partial charge in [0, 0.05) is 15.1 Å². The first-order valence-corrected chi connectivity index (χ1v) is 6.43. The summed E-state index contributed by atoms with van der Waals surface area (Å²) in [4.78, 5) is 12.4. The van der Waals surface area contributed by atoms with Crippen LogP contribution in [-0.2, 0) is 0 Å². The van der Waals surface area contributed by atoms with Crippen LogP contribution < -0.4 is 4.74 Å². The summed E-state index contributed by atoms with van der Waals surface area (Å²) >= 11 is 9.21. The largest absolute Gasteiger partial charge is 0.496 e. The van der Waals surface area contributed by atoms with Gasteiger partial charge in [-0.25, -0.2) is 0 Å². The number of benzene rings is 2. The van der Waals surface area contributed by atoms with Crippen molar-refractivity contribution in [3.8, 4) is 5.75 Å². The normalized spacial score (nSPS) is 10.2. The molecule has 0 N–H and O–H groups in total. The van der Waals surface area contributed by atoms with Crippen LogP contribution >= 0.6 is 27.5 Å². The fraction of sp³-hybridized carbons (Fsp3) is 0.0714. The van der Waals surface area contributed by atoms with Gasteiger partial charge in [-0.1, -0.05) is 23.7 Å². The summed E-state index contributed by atoms with van der Waals surface area (Å²) in [7, 11) is 1.54. The highest BCUT2D eigenvalue weighted by Gasteiger charge is 2.16. The van der Waals surface area contributed by atoms with Gasteiger partial charge in [-0.2, -0.15) is 0 Å². The Morgan fingerprint density at radius 3 is 2.56 bits per heavy atom. The number of methoxy groups -OCH3 is 1. The zero-order chi connectivity index (χ0) is 13.1. The van der Waals surface area contributed by atoms with E-state index in [1.165, 1.54) is 0 Å². The molecule has 0 saturated heterocycles. The molecule has 18 heavy (non-hydrogen) atoms. The van der Waals surface area contributed by atoms with Crippen LogP contribution in [0.3, 0.4) is 0 Å². The van der Waals surface area contributed by atoms with Gasteiger partial charge in [-0.05, 0) is 46.3 Å². The molecular formula is C14H10BrClO2. The van der Waals surface area contributed by atoms with Crippen molar-refractivity contribution in [3.63, 3.8) is 0 Å². The number of carbonyl (C=O) groups excluding carboxylic acids is 1. The molecule has 2 aromatic carbocycles. The average molecular weight is 326 g/mol. The molecule has 0 amide bonds. The Hall–Kier alpha value is -1.32. The van der Waals surface area contributed by atoms with Crippen LogP contribution in [0.25, 0.3) is 0 Å². The minimum atomic E-state index is -0.101. The number of ketones is 1. The molecule has 4 heteroatoms. The molecule has 0 unspecified atom stereocenters. The first-order chi connectivity index (χ1) is 8.63. The highest BCUT2D eigenvalue weighted by Crippen LogP contribution is 2.27. The molecule has 0 saturated carbocycles. The van der Waals surface area contributed by atoms with Crippen LogP contribution in [-0.4, -0.2) is 12.9 Å². The first-order valence-electron chi connectivity index (χ1n) is 5.26. The number of hydrogen-bond acceptors (Lipinski definition) is 2. The Balaban J connectivity index is 2.48. The third-order valence-electron chi connectivity index (χ3n) is 2.53. The Morgan fingerprint density at radius 1 is 1.17 bits per heavy atom. The first kappa shape index (κ1) is 13.1. The van der Waals surface area contributed by atoms with Crippen LogP contribution in [0.5, 0.6) is 5.75 Å². The topological polar surface area (TPSA) is 26.3 Å². The summed E-state index contributed by atoms with van der Waals surface area (Å²) in [6.07, 6.45) is 0. The smallest absolute Gasteiger partial charge is 0.197 e. The highest BCUT2D eigenvalue weighted by molar-refractivity contribution is 9.10. The lowest BCUT2D eigenvalue weighted by Crippen LogP contribution is -2.04. The van der Waals surface area contributed by atoms with E-state index in [4.69, 9.17) is 16.3 Å². The molecule has 0 aromatic heterocycles. The van der Waals surface area contributed by atoms with Gasteiger partial charge < -0.3 is 4.74 Å². The molecule has 2 nitrogen and oxygen atoms in total. The molecule has 0 bridgehead atoms. The SMILES string of the molecule is COc1ccccc1C(=O)c1ccc(Cl)cc1Br. The quantitative estimate of drug-likeness (QED) is 0.785. The molecule has 92 valence electrons. The zero-order valence-electron chi connectivity index (χ0n) is 9.61. The lowest BCUT2D eigenvalue weighted by Gasteiger charge is -2.08. The number of ether oxygens (including phenoxy) is 1. The van der Waals surface area contributed by atoms with E-state index in [0.717, 1.165) is 0 Å². The Kier molecular flexibility index (Phi) is 4.04. The van der Waals surface area contributed by atoms with E-state index in [1.807, 2.05) is 6.07 Å². The summed E-state index contributed by atoms with van der Waals surface area (Å²) in [6, 6.07) is 12.2. The van der Waals surface area contributed by atoms with Gasteiger partial charge in [-0.15, -0.1) is 0 Å². The van der Waals surface area contributed by atoms with Crippen molar-refractivity contribution >= 4 is 33.3 Å². The Bertz CT molecular complexity index is 596. The molecule has 2 rings (SSSR count). The van der Waals surface area contributed by atoms with Gasteiger partial charge in [0.05, 0.1) is 12.7 Å². The van der Waals surface area contributed by atoms with E-state index < -0.39 is 0 Å². The van der Waals surface area contributed by atoms with Crippen molar-refractivity contribution in [2.45, 2.75) is 0 Å². The van der Waals surface area contributed by atoms with Crippen molar-refractivity contribution < 1.29 is 9.53 Å². The molecule has 0 atom stereocenters. The second kappa shape index (κ2) is 5.55. The number of para-hydroxylation sites is 1. The van der Waals surface area contributed by atoms with E-state index in [1.54, 1.807) is 43.5 Å². The zero-order valence-corrected chi connectivity index (χ0v) is 12.0. The third kappa shape index (κ3) is 2.57. The second-order valence-corrected chi connectivity index (χ2v) is 4.94. The maximum Gasteiger partial charge on any atom is 0.197 e. The van der Waals surface area contributed by atoms with E-state index in [0.29, 0.717) is 26.4 Å². The van der Waals surface area contributed by atoms with Gasteiger partial charge in [0.1, 0.15) is 5.75 Å². The third-order valence-corrected chi connectivity index (χ3v) is 3.42. The van der Waals surface area contributed by atoms with Crippen molar-refractivity contribution in [2.24, 2.45) is 0 Å². The maximum absolute atomic E-state index is 12.4. The van der Waals surface area contributed by atoms with E-state index in [-0.39, 0.29) is 5.78 Å². The summed E-state index contributed by atoms with van der Waals surface area (Å²) < 4.78 is 5.86. The van der Waals surface area contributed by atoms with Crippen LogP contribution in [0.4, 0.5) is 0 Å². The van der Waals surface area contributed by atoms with Gasteiger partial charge >= 0.3 is 0 Å². The monoisotopic (exact) mass is 324 g/mol. The standard InChI is InChI=1S/C14H10BrClO2/c1-18-13-5-3-2-4-11(13)14(17)10-7-6-9(16)8-12(10)15/h2-8H,1H3. The minimum Gasteiger partial charge on any atom is -0.496 e. The van der Waals surface area contributed by atoms with Gasteiger partial charge in [0.25, 0.3) is 0 Å². The molecule has 0 fully saturated rings. The predicted octanol–water partition coefficient (Wildman–Crippen LogP) is 4.34. The number of halogens is 2. The number of rotatable bonds is 3. The molecule has 2 aromatic rings. The van der Waals surface area contributed by atoms with Crippen molar-refractivity contribution in [1.82, 2.24) is 0 Å². The van der Waals surface area contributed by atoms with Crippen LogP contribution in [0.2, 0.25) is 5.02 Å².